The molecule has 1 aromatic heterocycles. The number of hydrogen-bond acceptors (Lipinski definition) is 4. The van der Waals surface area contributed by atoms with Crippen molar-refractivity contribution in [3.63, 3.8) is 0 Å². The molecule has 2 aromatic rings. The number of rotatable bonds is 4. The van der Waals surface area contributed by atoms with Crippen LogP contribution in [0.15, 0.2) is 36.5 Å². The van der Waals surface area contributed by atoms with Crippen LogP contribution in [0.4, 0.5) is 27.8 Å². The van der Waals surface area contributed by atoms with Crippen molar-refractivity contribution < 1.29 is 36.1 Å². The molecular weight excluding hydrogens is 434 g/mol. The van der Waals surface area contributed by atoms with E-state index in [0.29, 0.717) is 13.0 Å². The second kappa shape index (κ2) is 7.81. The Labute approximate surface area is 182 Å². The molecule has 1 aromatic carbocycles. The number of carbonyl (C=O) groups is 1. The maximum absolute atomic E-state index is 14.4. The molecule has 2 heterocycles. The van der Waals surface area contributed by atoms with Gasteiger partial charge < -0.3 is 14.6 Å². The van der Waals surface area contributed by atoms with Gasteiger partial charge in [0.25, 0.3) is 11.8 Å². The number of carbonyl (C=O) groups excluding carboxylic acids is 1. The van der Waals surface area contributed by atoms with Crippen LogP contribution in [0.3, 0.4) is 0 Å². The molecule has 0 atom stereocenters. The predicted molar refractivity (Wildman–Crippen MR) is 109 cm³/mol. The molecule has 1 saturated heterocycles. The number of amides is 1. The van der Waals surface area contributed by atoms with E-state index in [1.165, 1.54) is 12.1 Å². The highest BCUT2D eigenvalue weighted by molar-refractivity contribution is 6.62. The molecule has 32 heavy (non-hydrogen) atoms. The van der Waals surface area contributed by atoms with Crippen molar-refractivity contribution in [3.05, 3.63) is 53.2 Å². The van der Waals surface area contributed by atoms with E-state index < -0.39 is 47.5 Å². The fourth-order valence-electron chi connectivity index (χ4n) is 3.12. The van der Waals surface area contributed by atoms with E-state index in [4.69, 9.17) is 9.31 Å². The minimum absolute atomic E-state index is 0.0601. The lowest BCUT2D eigenvalue weighted by atomic mass is 9.74. The quantitative estimate of drug-likeness (QED) is 0.533. The summed E-state index contributed by atoms with van der Waals surface area (Å²) in [5.41, 5.74) is -3.13. The van der Waals surface area contributed by atoms with Gasteiger partial charge in [-0.05, 0) is 57.4 Å². The fourth-order valence-corrected chi connectivity index (χ4v) is 3.12. The van der Waals surface area contributed by atoms with Crippen molar-refractivity contribution in [2.45, 2.75) is 57.9 Å². The molecule has 0 bridgehead atoms. The van der Waals surface area contributed by atoms with Crippen molar-refractivity contribution in [3.8, 4) is 0 Å². The first kappa shape index (κ1) is 24.1. The monoisotopic (exact) mass is 456 g/mol. The number of alkyl halides is 5. The lowest BCUT2D eigenvalue weighted by Gasteiger charge is -2.32. The van der Waals surface area contributed by atoms with E-state index in [2.05, 4.69) is 10.3 Å². The van der Waals surface area contributed by atoms with Crippen LogP contribution in [0.25, 0.3) is 0 Å². The number of nitrogens with zero attached hydrogens (tertiary/aromatic N) is 1. The van der Waals surface area contributed by atoms with Crippen LogP contribution in [-0.2, 0) is 21.4 Å². The van der Waals surface area contributed by atoms with Gasteiger partial charge in [0.2, 0.25) is 0 Å². The normalized spacial score (nSPS) is 18.0. The van der Waals surface area contributed by atoms with Crippen LogP contribution >= 0.6 is 0 Å². The summed E-state index contributed by atoms with van der Waals surface area (Å²) in [6, 6.07) is 4.96. The molecule has 5 nitrogen and oxygen atoms in total. The van der Waals surface area contributed by atoms with Gasteiger partial charge in [0, 0.05) is 24.2 Å². The Bertz CT molecular complexity index is 1020. The first-order valence-corrected chi connectivity index (χ1v) is 9.74. The zero-order chi connectivity index (χ0) is 24.1. The van der Waals surface area contributed by atoms with Crippen molar-refractivity contribution >= 4 is 24.3 Å². The van der Waals surface area contributed by atoms with Crippen LogP contribution in [-0.4, -0.2) is 29.2 Å². The maximum atomic E-state index is 14.4. The first-order valence-electron chi connectivity index (χ1n) is 9.74. The molecule has 1 amide bonds. The highest BCUT2D eigenvalue weighted by Gasteiger charge is 2.53. The fraction of sp³-hybridized carbons (Fsp3) is 0.429. The van der Waals surface area contributed by atoms with E-state index in [1.54, 1.807) is 27.7 Å². The topological polar surface area (TPSA) is 60.5 Å². The van der Waals surface area contributed by atoms with Gasteiger partial charge in [0.15, 0.2) is 0 Å². The second-order valence-corrected chi connectivity index (χ2v) is 8.66. The van der Waals surface area contributed by atoms with Crippen LogP contribution in [0, 0.1) is 0 Å². The van der Waals surface area contributed by atoms with Crippen molar-refractivity contribution in [1.82, 2.24) is 4.98 Å². The minimum Gasteiger partial charge on any atom is -0.399 e. The van der Waals surface area contributed by atoms with Crippen molar-refractivity contribution in [1.29, 1.82) is 0 Å². The van der Waals surface area contributed by atoms with E-state index in [-0.39, 0.29) is 16.8 Å². The molecule has 3 rings (SSSR count). The minimum atomic E-state index is -4.62. The summed E-state index contributed by atoms with van der Waals surface area (Å²) in [5.74, 6) is -4.59. The van der Waals surface area contributed by atoms with Gasteiger partial charge in [-0.15, -0.1) is 0 Å². The highest BCUT2D eigenvalue weighted by atomic mass is 19.4. The largest absolute Gasteiger partial charge is 0.495 e. The van der Waals surface area contributed by atoms with Crippen LogP contribution in [0.1, 0.15) is 56.1 Å². The molecule has 0 saturated carbocycles. The maximum Gasteiger partial charge on any atom is 0.495 e. The zero-order valence-corrected chi connectivity index (χ0v) is 18.1. The van der Waals surface area contributed by atoms with E-state index in [1.807, 2.05) is 0 Å². The van der Waals surface area contributed by atoms with Crippen molar-refractivity contribution in [2.24, 2.45) is 0 Å². The van der Waals surface area contributed by atoms with Gasteiger partial charge in [-0.2, -0.15) is 13.2 Å². The van der Waals surface area contributed by atoms with Gasteiger partial charge >= 0.3 is 13.3 Å². The zero-order valence-electron chi connectivity index (χ0n) is 18.1. The Morgan fingerprint density at radius 1 is 1.00 bits per heavy atom. The van der Waals surface area contributed by atoms with Crippen LogP contribution in [0.5, 0.6) is 0 Å². The standard InChI is InChI=1S/C21H22BF5N2O3/c1-18(2)19(3,4)32-22(31-18)15-7-6-12(10-14(15)20(5,23)24)17(30)29-16-11-13(8-9-28-16)21(25,26)27/h6-11H,1-5H3,(H,28,29,30). The SMILES string of the molecule is CC(F)(F)c1cc(C(=O)Nc2cc(C(F)(F)F)ccn2)ccc1B1OC(C)(C)C(C)(C)O1. The third kappa shape index (κ3) is 4.78. The lowest BCUT2D eigenvalue weighted by Crippen LogP contribution is -2.41. The average Bonchev–Trinajstić information content (AvgIpc) is 2.87. The molecular formula is C21H22BF5N2O3. The smallest absolute Gasteiger partial charge is 0.399 e. The molecule has 0 spiro atoms. The van der Waals surface area contributed by atoms with Gasteiger partial charge in [0.05, 0.1) is 16.8 Å². The molecule has 1 aliphatic rings. The third-order valence-electron chi connectivity index (χ3n) is 5.62. The molecule has 172 valence electrons. The van der Waals surface area contributed by atoms with E-state index in [9.17, 15) is 26.7 Å². The summed E-state index contributed by atoms with van der Waals surface area (Å²) in [4.78, 5) is 16.2. The highest BCUT2D eigenvalue weighted by Crippen LogP contribution is 2.38. The Morgan fingerprint density at radius 3 is 2.12 bits per heavy atom. The van der Waals surface area contributed by atoms with Gasteiger partial charge in [-0.1, -0.05) is 6.07 Å². The summed E-state index contributed by atoms with van der Waals surface area (Å²) >= 11 is 0. The molecule has 1 aliphatic heterocycles. The summed E-state index contributed by atoms with van der Waals surface area (Å²) < 4.78 is 79.2. The number of aromatic nitrogens is 1. The Hall–Kier alpha value is -2.53. The molecule has 0 unspecified atom stereocenters. The average molecular weight is 456 g/mol. The molecule has 1 fully saturated rings. The van der Waals surface area contributed by atoms with E-state index >= 15 is 0 Å². The number of pyridine rings is 1. The lowest BCUT2D eigenvalue weighted by molar-refractivity contribution is -0.137. The summed E-state index contributed by atoms with van der Waals surface area (Å²) in [5, 5.41) is 2.21. The molecule has 0 aliphatic carbocycles. The number of anilines is 1. The van der Waals surface area contributed by atoms with E-state index in [0.717, 1.165) is 18.3 Å². The van der Waals surface area contributed by atoms with Gasteiger partial charge in [-0.3, -0.25) is 4.79 Å². The number of nitrogens with one attached hydrogen (secondary N) is 1. The van der Waals surface area contributed by atoms with Gasteiger partial charge in [-0.25, -0.2) is 13.8 Å². The molecule has 1 N–H and O–H groups in total. The van der Waals surface area contributed by atoms with Gasteiger partial charge in [0.1, 0.15) is 5.82 Å². The first-order chi connectivity index (χ1) is 14.5. The third-order valence-corrected chi connectivity index (χ3v) is 5.62. The van der Waals surface area contributed by atoms with Crippen LogP contribution < -0.4 is 10.8 Å². The Balaban J connectivity index is 1.92. The van der Waals surface area contributed by atoms with Crippen LogP contribution in [0.2, 0.25) is 0 Å². The summed E-state index contributed by atoms with van der Waals surface area (Å²) in [6.07, 6.45) is -3.73. The Morgan fingerprint density at radius 2 is 1.59 bits per heavy atom. The predicted octanol–water partition coefficient (Wildman–Crippen LogP) is 4.76. The second-order valence-electron chi connectivity index (χ2n) is 8.66. The molecule has 11 heteroatoms. The molecule has 0 radical (unpaired) electrons. The number of benzene rings is 1. The summed E-state index contributed by atoms with van der Waals surface area (Å²) in [7, 11) is -1.08. The van der Waals surface area contributed by atoms with Crippen molar-refractivity contribution in [2.75, 3.05) is 5.32 Å². The Kier molecular flexibility index (Phi) is 5.88. The summed E-state index contributed by atoms with van der Waals surface area (Å²) in [6.45, 7) is 7.79. The number of halogens is 5. The number of hydrogen-bond donors (Lipinski definition) is 1.